The van der Waals surface area contributed by atoms with Gasteiger partial charge < -0.3 is 9.04 Å². The van der Waals surface area contributed by atoms with E-state index in [2.05, 4.69) is 55.5 Å². The Morgan fingerprint density at radius 3 is 2.00 bits per heavy atom. The molecule has 0 aromatic heterocycles. The number of quaternary nitrogens is 1. The van der Waals surface area contributed by atoms with E-state index in [0.717, 1.165) is 18.1 Å². The Kier molecular flexibility index (Phi) is 11.9. The number of unbranched alkanes of at least 4 members (excludes halogenated alkanes) is 5. The van der Waals surface area contributed by atoms with Crippen molar-refractivity contribution in [3.8, 4) is 0 Å². The molecule has 0 bridgehead atoms. The van der Waals surface area contributed by atoms with Crippen molar-refractivity contribution < 1.29 is 21.6 Å². The first-order chi connectivity index (χ1) is 11.2. The molecule has 0 spiro atoms. The van der Waals surface area contributed by atoms with Crippen LogP contribution in [0, 0.1) is 0 Å². The second kappa shape index (κ2) is 12.4. The largest absolute Gasteiger partial charge is 0.726 e. The zero-order valence-electron chi connectivity index (χ0n) is 15.5. The molecule has 24 heavy (non-hydrogen) atoms. The van der Waals surface area contributed by atoms with Gasteiger partial charge in [0.1, 0.15) is 6.54 Å². The number of benzene rings is 1. The summed E-state index contributed by atoms with van der Waals surface area (Å²) in [4.78, 5) is 0. The zero-order chi connectivity index (χ0) is 18.5. The van der Waals surface area contributed by atoms with Crippen LogP contribution in [0.5, 0.6) is 0 Å². The summed E-state index contributed by atoms with van der Waals surface area (Å²) in [6.07, 6.45) is 8.35. The van der Waals surface area contributed by atoms with Crippen molar-refractivity contribution in [1.82, 2.24) is 0 Å². The molecule has 1 rings (SSSR count). The number of nitrogens with zero attached hydrogens (tertiary/aromatic N) is 1. The fraction of sp³-hybridized carbons (Fsp3) is 0.667. The van der Waals surface area contributed by atoms with Gasteiger partial charge >= 0.3 is 0 Å². The fourth-order valence-corrected chi connectivity index (χ4v) is 2.48. The fourth-order valence-electron chi connectivity index (χ4n) is 2.48. The maximum absolute atomic E-state index is 9.22. The first-order valence-corrected chi connectivity index (χ1v) is 9.91. The van der Waals surface area contributed by atoms with Gasteiger partial charge in [-0.1, -0.05) is 62.9 Å². The summed E-state index contributed by atoms with van der Waals surface area (Å²) < 4.78 is 32.1. The standard InChI is InChI=1S/C17H30N.CH4O4S/c1-4-5-6-7-8-12-15-18(2,3)16-17-13-10-9-11-14-17;1-5-6(2,3)4/h9-11,13-14H,4-8,12,15-16H2,1-3H3;1H3,(H,2,3,4)/q+1;/p-1. The molecule has 0 atom stereocenters. The average Bonchev–Trinajstić information content (AvgIpc) is 2.51. The first kappa shape index (κ1) is 23.1. The minimum absolute atomic E-state index is 0.808. The highest BCUT2D eigenvalue weighted by Gasteiger charge is 2.14. The highest BCUT2D eigenvalue weighted by Crippen LogP contribution is 2.12. The summed E-state index contributed by atoms with van der Waals surface area (Å²) in [7, 11) is 1.09. The van der Waals surface area contributed by atoms with Crippen LogP contribution in [-0.2, 0) is 21.1 Å². The molecule has 1 aromatic carbocycles. The summed E-state index contributed by atoms with van der Waals surface area (Å²) in [6, 6.07) is 10.8. The normalized spacial score (nSPS) is 11.7. The Labute approximate surface area is 148 Å². The molecular formula is C18H33NO4S. The molecule has 0 aliphatic carbocycles. The Balaban J connectivity index is 0.000000754. The van der Waals surface area contributed by atoms with E-state index in [9.17, 15) is 13.0 Å². The maximum Gasteiger partial charge on any atom is 0.217 e. The van der Waals surface area contributed by atoms with Crippen molar-refractivity contribution in [1.29, 1.82) is 0 Å². The minimum atomic E-state index is -4.41. The SMILES string of the molecule is CCCCCCCC[N+](C)(C)Cc1ccccc1.COS(=O)(=O)[O-]. The molecule has 5 nitrogen and oxygen atoms in total. The van der Waals surface area contributed by atoms with Crippen molar-refractivity contribution in [3.63, 3.8) is 0 Å². The molecule has 0 aliphatic rings. The molecule has 140 valence electrons. The molecule has 0 aliphatic heterocycles. The van der Waals surface area contributed by atoms with E-state index in [4.69, 9.17) is 0 Å². The summed E-state index contributed by atoms with van der Waals surface area (Å²) in [5, 5.41) is 0. The third-order valence-corrected chi connectivity index (χ3v) is 4.18. The smallest absolute Gasteiger partial charge is 0.217 e. The first-order valence-electron chi connectivity index (χ1n) is 8.57. The summed E-state index contributed by atoms with van der Waals surface area (Å²) in [5.41, 5.74) is 1.45. The van der Waals surface area contributed by atoms with E-state index in [-0.39, 0.29) is 0 Å². The monoisotopic (exact) mass is 359 g/mol. The third kappa shape index (κ3) is 14.6. The molecule has 0 unspecified atom stereocenters. The van der Waals surface area contributed by atoms with E-state index in [1.165, 1.54) is 50.6 Å². The van der Waals surface area contributed by atoms with Crippen LogP contribution in [0.3, 0.4) is 0 Å². The molecule has 0 N–H and O–H groups in total. The van der Waals surface area contributed by atoms with Gasteiger partial charge in [0.25, 0.3) is 0 Å². The molecule has 0 radical (unpaired) electrons. The Bertz CT molecular complexity index is 515. The molecule has 6 heteroatoms. The number of hydrogen-bond acceptors (Lipinski definition) is 4. The lowest BCUT2D eigenvalue weighted by Gasteiger charge is -2.30. The van der Waals surface area contributed by atoms with E-state index >= 15 is 0 Å². The second-order valence-electron chi connectivity index (χ2n) is 6.65. The summed E-state index contributed by atoms with van der Waals surface area (Å²) >= 11 is 0. The highest BCUT2D eigenvalue weighted by atomic mass is 32.3. The van der Waals surface area contributed by atoms with E-state index in [1.807, 2.05) is 0 Å². The van der Waals surface area contributed by atoms with Crippen LogP contribution < -0.4 is 0 Å². The van der Waals surface area contributed by atoms with Crippen molar-refractivity contribution in [2.75, 3.05) is 27.7 Å². The van der Waals surface area contributed by atoms with Crippen molar-refractivity contribution in [2.45, 2.75) is 52.0 Å². The van der Waals surface area contributed by atoms with Crippen LogP contribution in [0.2, 0.25) is 0 Å². The van der Waals surface area contributed by atoms with Crippen LogP contribution in [0.25, 0.3) is 0 Å². The molecule has 1 aromatic rings. The highest BCUT2D eigenvalue weighted by molar-refractivity contribution is 7.80. The lowest BCUT2D eigenvalue weighted by atomic mass is 10.1. The van der Waals surface area contributed by atoms with Gasteiger partial charge in [0.2, 0.25) is 10.4 Å². The van der Waals surface area contributed by atoms with Crippen molar-refractivity contribution >= 4 is 10.4 Å². The van der Waals surface area contributed by atoms with Gasteiger partial charge in [0.05, 0.1) is 27.7 Å². The minimum Gasteiger partial charge on any atom is -0.726 e. The van der Waals surface area contributed by atoms with Crippen molar-refractivity contribution in [3.05, 3.63) is 35.9 Å². The van der Waals surface area contributed by atoms with Gasteiger partial charge in [-0.3, -0.25) is 4.18 Å². The van der Waals surface area contributed by atoms with Crippen LogP contribution in [0.4, 0.5) is 0 Å². The predicted octanol–water partition coefficient (Wildman–Crippen LogP) is 3.72. The van der Waals surface area contributed by atoms with E-state index in [1.54, 1.807) is 0 Å². The molecule has 0 heterocycles. The number of hydrogen-bond donors (Lipinski definition) is 0. The third-order valence-electron chi connectivity index (χ3n) is 3.77. The lowest BCUT2D eigenvalue weighted by Crippen LogP contribution is -2.39. The molecule has 0 saturated carbocycles. The average molecular weight is 360 g/mol. The Morgan fingerprint density at radius 1 is 1.00 bits per heavy atom. The maximum atomic E-state index is 9.22. The van der Waals surface area contributed by atoms with E-state index < -0.39 is 10.4 Å². The van der Waals surface area contributed by atoms with Gasteiger partial charge in [-0.25, -0.2) is 8.42 Å². The summed E-state index contributed by atoms with van der Waals surface area (Å²) in [6.45, 7) is 4.72. The predicted molar refractivity (Wildman–Crippen MR) is 97.2 cm³/mol. The van der Waals surface area contributed by atoms with E-state index in [0.29, 0.717) is 0 Å². The number of rotatable bonds is 10. The summed E-state index contributed by atoms with van der Waals surface area (Å²) in [5.74, 6) is 0. The van der Waals surface area contributed by atoms with Crippen LogP contribution in [0.15, 0.2) is 30.3 Å². The van der Waals surface area contributed by atoms with Crippen LogP contribution >= 0.6 is 0 Å². The second-order valence-corrected chi connectivity index (χ2v) is 7.80. The van der Waals surface area contributed by atoms with Crippen LogP contribution in [-0.4, -0.2) is 45.2 Å². The van der Waals surface area contributed by atoms with Gasteiger partial charge in [-0.2, -0.15) is 0 Å². The molecule has 0 amide bonds. The molecule has 0 fully saturated rings. The molecule has 0 saturated heterocycles. The lowest BCUT2D eigenvalue weighted by molar-refractivity contribution is -0.903. The molecular weight excluding hydrogens is 326 g/mol. The van der Waals surface area contributed by atoms with Gasteiger partial charge in [0, 0.05) is 5.56 Å². The van der Waals surface area contributed by atoms with Gasteiger partial charge in [-0.05, 0) is 12.8 Å². The van der Waals surface area contributed by atoms with Gasteiger partial charge in [-0.15, -0.1) is 0 Å². The van der Waals surface area contributed by atoms with Crippen molar-refractivity contribution in [2.24, 2.45) is 0 Å². The zero-order valence-corrected chi connectivity index (χ0v) is 16.3. The Hall–Kier alpha value is -0.950. The van der Waals surface area contributed by atoms with Gasteiger partial charge in [0.15, 0.2) is 0 Å². The Morgan fingerprint density at radius 2 is 1.50 bits per heavy atom. The topological polar surface area (TPSA) is 66.4 Å². The van der Waals surface area contributed by atoms with Crippen LogP contribution in [0.1, 0.15) is 51.0 Å². The quantitative estimate of drug-likeness (QED) is 0.276.